The number of aromatic nitrogens is 1. The van der Waals surface area contributed by atoms with Crippen LogP contribution in [0.1, 0.15) is 58.6 Å². The number of nitrogens with zero attached hydrogens (tertiary/aromatic N) is 2. The van der Waals surface area contributed by atoms with E-state index in [1.54, 1.807) is 6.07 Å². The predicted molar refractivity (Wildman–Crippen MR) is 139 cm³/mol. The number of halogens is 4. The molecule has 0 radical (unpaired) electrons. The van der Waals surface area contributed by atoms with Gasteiger partial charge in [-0.3, -0.25) is 9.59 Å². The molecule has 2 N–H and O–H groups in total. The van der Waals surface area contributed by atoms with Gasteiger partial charge in [-0.1, -0.05) is 34.1 Å². The number of hydrogen-bond donors (Lipinski definition) is 2. The molecular formula is C27H27BrF3N3O3. The van der Waals surface area contributed by atoms with E-state index in [1.807, 2.05) is 19.1 Å². The second kappa shape index (κ2) is 11.1. The van der Waals surface area contributed by atoms with Crippen LogP contribution in [0.4, 0.5) is 19.0 Å². The third kappa shape index (κ3) is 6.06. The van der Waals surface area contributed by atoms with Gasteiger partial charge in [0.25, 0.3) is 5.91 Å². The minimum atomic E-state index is -4.60. The zero-order chi connectivity index (χ0) is 26.7. The Morgan fingerprint density at radius 3 is 2.54 bits per heavy atom. The van der Waals surface area contributed by atoms with Gasteiger partial charge in [-0.15, -0.1) is 0 Å². The van der Waals surface area contributed by atoms with Crippen molar-refractivity contribution < 1.29 is 27.9 Å². The number of carbonyl (C=O) groups is 2. The predicted octanol–water partition coefficient (Wildman–Crippen LogP) is 6.30. The number of carbonyl (C=O) groups excluding carboxylic acids is 1. The van der Waals surface area contributed by atoms with Gasteiger partial charge in [-0.25, -0.2) is 4.98 Å². The van der Waals surface area contributed by atoms with E-state index in [-0.39, 0.29) is 24.9 Å². The van der Waals surface area contributed by atoms with Crippen LogP contribution in [0, 0.1) is 6.92 Å². The molecule has 4 rings (SSSR count). The first-order chi connectivity index (χ1) is 17.6. The van der Waals surface area contributed by atoms with Crippen LogP contribution in [0.2, 0.25) is 0 Å². The van der Waals surface area contributed by atoms with Crippen LogP contribution in [0.15, 0.2) is 46.9 Å². The smallest absolute Gasteiger partial charge is 0.416 e. The molecule has 1 aromatic heterocycles. The van der Waals surface area contributed by atoms with Crippen LogP contribution in [-0.4, -0.2) is 41.6 Å². The van der Waals surface area contributed by atoms with Gasteiger partial charge in [0.05, 0.1) is 16.6 Å². The number of alkyl halides is 3. The summed E-state index contributed by atoms with van der Waals surface area (Å²) in [6.07, 6.45) is -2.91. The summed E-state index contributed by atoms with van der Waals surface area (Å²) in [5, 5.41) is 12.6. The normalized spacial score (nSPS) is 14.7. The average molecular weight is 578 g/mol. The first-order valence-electron chi connectivity index (χ1n) is 12.1. The summed E-state index contributed by atoms with van der Waals surface area (Å²) in [7, 11) is 0. The molecule has 1 saturated heterocycles. The molecule has 1 atom stereocenters. The summed E-state index contributed by atoms with van der Waals surface area (Å²) < 4.78 is 41.9. The number of rotatable bonds is 8. The lowest BCUT2D eigenvalue weighted by Crippen LogP contribution is -2.31. The van der Waals surface area contributed by atoms with E-state index in [0.717, 1.165) is 42.3 Å². The van der Waals surface area contributed by atoms with E-state index >= 15 is 0 Å². The highest BCUT2D eigenvalue weighted by Gasteiger charge is 2.35. The van der Waals surface area contributed by atoms with Crippen LogP contribution >= 0.6 is 15.9 Å². The largest absolute Gasteiger partial charge is 0.481 e. The Kier molecular flexibility index (Phi) is 8.06. The molecule has 37 heavy (non-hydrogen) atoms. The standard InChI is InChI=1S/C27H27BrF3N3O3/c1-16-24(20-14-18(28)9-10-22(20)33-25(16)34-12-4-5-13-34)26(37)32-15-17(8-11-23(35)36)19-6-2-3-7-21(19)27(29,30)31/h2-3,6-7,9-10,14,17H,4-5,8,11-13,15H2,1H3,(H,32,37)(H,35,36)/t17-/m1/s1. The summed E-state index contributed by atoms with van der Waals surface area (Å²) in [5.41, 5.74) is 0.890. The summed E-state index contributed by atoms with van der Waals surface area (Å²) >= 11 is 3.45. The van der Waals surface area contributed by atoms with Crippen molar-refractivity contribution >= 4 is 44.5 Å². The lowest BCUT2D eigenvalue weighted by Gasteiger charge is -2.24. The summed E-state index contributed by atoms with van der Waals surface area (Å²) in [6.45, 7) is 3.36. The van der Waals surface area contributed by atoms with Crippen molar-refractivity contribution in [2.24, 2.45) is 0 Å². The van der Waals surface area contributed by atoms with Crippen molar-refractivity contribution in [1.82, 2.24) is 10.3 Å². The first kappa shape index (κ1) is 26.9. The molecule has 1 aliphatic heterocycles. The number of anilines is 1. The zero-order valence-electron chi connectivity index (χ0n) is 20.2. The van der Waals surface area contributed by atoms with Crippen molar-refractivity contribution in [3.63, 3.8) is 0 Å². The highest BCUT2D eigenvalue weighted by atomic mass is 79.9. The zero-order valence-corrected chi connectivity index (χ0v) is 21.8. The Balaban J connectivity index is 1.70. The maximum absolute atomic E-state index is 13.7. The SMILES string of the molecule is Cc1c(N2CCCC2)nc2ccc(Br)cc2c1C(=O)NC[C@@H](CCC(=O)O)c1ccccc1C(F)(F)F. The van der Waals surface area contributed by atoms with Crippen molar-refractivity contribution in [3.8, 4) is 0 Å². The monoisotopic (exact) mass is 577 g/mol. The third-order valence-corrected chi connectivity index (χ3v) is 7.21. The molecule has 0 aliphatic carbocycles. The van der Waals surface area contributed by atoms with Crippen molar-refractivity contribution in [2.45, 2.75) is 44.7 Å². The third-order valence-electron chi connectivity index (χ3n) is 6.72. The number of pyridine rings is 1. The van der Waals surface area contributed by atoms with Gasteiger partial charge in [0.15, 0.2) is 0 Å². The maximum atomic E-state index is 13.7. The van der Waals surface area contributed by atoms with Crippen LogP contribution in [0.3, 0.4) is 0 Å². The molecule has 1 amide bonds. The van der Waals surface area contributed by atoms with Gasteiger partial charge >= 0.3 is 12.1 Å². The van der Waals surface area contributed by atoms with Crippen molar-refractivity contribution in [2.75, 3.05) is 24.5 Å². The van der Waals surface area contributed by atoms with Crippen molar-refractivity contribution in [1.29, 1.82) is 0 Å². The molecular weight excluding hydrogens is 551 g/mol. The first-order valence-corrected chi connectivity index (χ1v) is 12.9. The number of amides is 1. The molecule has 0 unspecified atom stereocenters. The molecule has 1 fully saturated rings. The lowest BCUT2D eigenvalue weighted by atomic mass is 9.89. The quantitative estimate of drug-likeness (QED) is 0.328. The van der Waals surface area contributed by atoms with E-state index in [9.17, 15) is 27.9 Å². The van der Waals surface area contributed by atoms with Crippen LogP contribution in [0.25, 0.3) is 10.9 Å². The second-order valence-corrected chi connectivity index (χ2v) is 10.1. The van der Waals surface area contributed by atoms with Crippen molar-refractivity contribution in [3.05, 3.63) is 69.2 Å². The molecule has 0 spiro atoms. The Labute approximate surface area is 221 Å². The van der Waals surface area contributed by atoms with E-state index in [1.165, 1.54) is 18.2 Å². The van der Waals surface area contributed by atoms with Gasteiger partial charge in [0, 0.05) is 47.4 Å². The lowest BCUT2D eigenvalue weighted by molar-refractivity contribution is -0.138. The molecule has 10 heteroatoms. The van der Waals surface area contributed by atoms with Gasteiger partial charge in [-0.2, -0.15) is 13.2 Å². The summed E-state index contributed by atoms with van der Waals surface area (Å²) in [5.74, 6) is -1.66. The highest BCUT2D eigenvalue weighted by Crippen LogP contribution is 2.37. The Morgan fingerprint density at radius 1 is 1.16 bits per heavy atom. The van der Waals surface area contributed by atoms with Crippen LogP contribution in [-0.2, 0) is 11.0 Å². The summed E-state index contributed by atoms with van der Waals surface area (Å²) in [6, 6.07) is 10.6. The molecule has 0 bridgehead atoms. The number of benzene rings is 2. The number of nitrogens with one attached hydrogen (secondary N) is 1. The molecule has 2 heterocycles. The molecule has 1 aliphatic rings. The average Bonchev–Trinajstić information content (AvgIpc) is 3.37. The molecule has 0 saturated carbocycles. The molecule has 196 valence electrons. The maximum Gasteiger partial charge on any atom is 0.416 e. The molecule has 3 aromatic rings. The molecule has 2 aromatic carbocycles. The summed E-state index contributed by atoms with van der Waals surface area (Å²) in [4.78, 5) is 31.8. The fourth-order valence-corrected chi connectivity index (χ4v) is 5.29. The fourth-order valence-electron chi connectivity index (χ4n) is 4.93. The number of aliphatic carboxylic acids is 1. The van der Waals surface area contributed by atoms with Gasteiger partial charge in [-0.05, 0) is 56.0 Å². The van der Waals surface area contributed by atoms with Gasteiger partial charge < -0.3 is 15.3 Å². The Morgan fingerprint density at radius 2 is 1.86 bits per heavy atom. The van der Waals surface area contributed by atoms with E-state index < -0.39 is 29.5 Å². The highest BCUT2D eigenvalue weighted by molar-refractivity contribution is 9.10. The van der Waals surface area contributed by atoms with Crippen LogP contribution in [0.5, 0.6) is 0 Å². The minimum Gasteiger partial charge on any atom is -0.481 e. The number of hydrogen-bond acceptors (Lipinski definition) is 4. The number of carboxylic acids is 1. The molecule has 6 nitrogen and oxygen atoms in total. The minimum absolute atomic E-state index is 0.0339. The van der Waals surface area contributed by atoms with Gasteiger partial charge in [0.1, 0.15) is 5.82 Å². The van der Waals surface area contributed by atoms with Crippen LogP contribution < -0.4 is 10.2 Å². The number of carboxylic acid groups (broad SMARTS) is 1. The second-order valence-electron chi connectivity index (χ2n) is 9.22. The Bertz CT molecular complexity index is 1320. The fraction of sp³-hybridized carbons (Fsp3) is 0.370. The van der Waals surface area contributed by atoms with E-state index in [2.05, 4.69) is 26.1 Å². The van der Waals surface area contributed by atoms with E-state index in [0.29, 0.717) is 22.0 Å². The van der Waals surface area contributed by atoms with Gasteiger partial charge in [0.2, 0.25) is 0 Å². The number of fused-ring (bicyclic) bond motifs is 1. The van der Waals surface area contributed by atoms with E-state index in [4.69, 9.17) is 4.98 Å². The Hall–Kier alpha value is -3.14. The topological polar surface area (TPSA) is 82.5 Å².